The molecule has 0 saturated heterocycles. The van der Waals surface area contributed by atoms with Gasteiger partial charge in [0, 0.05) is 0 Å². The molecule has 0 atom stereocenters. The summed E-state index contributed by atoms with van der Waals surface area (Å²) in [6.45, 7) is 6.18. The molecule has 0 spiro atoms. The van der Waals surface area contributed by atoms with Crippen molar-refractivity contribution in [3.05, 3.63) is 29.8 Å². The van der Waals surface area contributed by atoms with Crippen molar-refractivity contribution in [2.24, 2.45) is 0 Å². The molecule has 0 N–H and O–H groups in total. The lowest BCUT2D eigenvalue weighted by molar-refractivity contribution is 0.587. The second-order valence-corrected chi connectivity index (χ2v) is 5.09. The summed E-state index contributed by atoms with van der Waals surface area (Å²) in [5.74, 6) is 0. The van der Waals surface area contributed by atoms with Gasteiger partial charge in [-0.3, -0.25) is 0 Å². The zero-order chi connectivity index (χ0) is 10.1. The quantitative estimate of drug-likeness (QED) is 0.700. The predicted molar refractivity (Wildman–Crippen MR) is 53.7 cm³/mol. The van der Waals surface area contributed by atoms with Gasteiger partial charge in [-0.1, -0.05) is 32.9 Å². The van der Waals surface area contributed by atoms with Crippen LogP contribution in [0.15, 0.2) is 29.2 Å². The van der Waals surface area contributed by atoms with Crippen LogP contribution in [0.25, 0.3) is 0 Å². The van der Waals surface area contributed by atoms with Crippen LogP contribution < -0.4 is 0 Å². The number of hydrogen-bond donors (Lipinski definition) is 1. The van der Waals surface area contributed by atoms with Crippen LogP contribution in [0.3, 0.4) is 0 Å². The summed E-state index contributed by atoms with van der Waals surface area (Å²) < 4.78 is 21.4. The first-order valence-corrected chi connectivity index (χ1v) is 5.34. The fraction of sp³-hybridized carbons (Fsp3) is 0.400. The third kappa shape index (κ3) is 2.56. The highest BCUT2D eigenvalue weighted by molar-refractivity contribution is 7.72. The van der Waals surface area contributed by atoms with Crippen LogP contribution in [-0.2, 0) is 16.1 Å². The summed E-state index contributed by atoms with van der Waals surface area (Å²) in [5, 5.41) is 0. The molecule has 0 saturated carbocycles. The molecular weight excluding hydrogens is 184 g/mol. The Balaban J connectivity index is 3.21. The molecule has 0 fully saturated rings. The topological polar surface area (TPSA) is 34.1 Å². The fourth-order valence-corrected chi connectivity index (χ4v) is 1.54. The predicted octanol–water partition coefficient (Wildman–Crippen LogP) is 1.95. The third-order valence-electron chi connectivity index (χ3n) is 1.92. The van der Waals surface area contributed by atoms with Crippen molar-refractivity contribution in [1.82, 2.24) is 0 Å². The highest BCUT2D eigenvalue weighted by Gasteiger charge is 2.13. The van der Waals surface area contributed by atoms with E-state index in [0.29, 0.717) is 4.90 Å². The Morgan fingerprint density at radius 2 is 1.77 bits per heavy atom. The largest absolute Gasteiger partial charge is 0.227 e. The van der Waals surface area contributed by atoms with Gasteiger partial charge in [0.2, 0.25) is 0 Å². The molecule has 0 amide bonds. The van der Waals surface area contributed by atoms with Crippen molar-refractivity contribution < 1.29 is 8.42 Å². The number of thiol groups is 1. The van der Waals surface area contributed by atoms with Gasteiger partial charge < -0.3 is 0 Å². The van der Waals surface area contributed by atoms with Crippen LogP contribution in [0.2, 0.25) is 0 Å². The molecule has 0 aliphatic heterocycles. The van der Waals surface area contributed by atoms with Gasteiger partial charge in [0.15, 0.2) is 10.7 Å². The molecule has 0 heterocycles. The minimum Gasteiger partial charge on any atom is -0.227 e. The van der Waals surface area contributed by atoms with Crippen LogP contribution in [0.4, 0.5) is 0 Å². The van der Waals surface area contributed by atoms with Crippen molar-refractivity contribution in [2.45, 2.75) is 31.1 Å². The Morgan fingerprint density at radius 3 is 2.23 bits per heavy atom. The summed E-state index contributed by atoms with van der Waals surface area (Å²) in [4.78, 5) is 0.391. The van der Waals surface area contributed by atoms with E-state index in [2.05, 4.69) is 20.8 Å². The van der Waals surface area contributed by atoms with E-state index in [1.54, 1.807) is 18.2 Å². The van der Waals surface area contributed by atoms with E-state index >= 15 is 0 Å². The SMILES string of the molecule is CC(C)(C)c1cccc([SH](=O)=O)c1. The lowest BCUT2D eigenvalue weighted by Crippen LogP contribution is -2.10. The molecule has 0 aliphatic carbocycles. The van der Waals surface area contributed by atoms with Crippen molar-refractivity contribution in [3.8, 4) is 0 Å². The first-order valence-electron chi connectivity index (χ1n) is 4.16. The maximum atomic E-state index is 10.7. The van der Waals surface area contributed by atoms with Crippen LogP contribution in [0.1, 0.15) is 26.3 Å². The molecule has 0 unspecified atom stereocenters. The standard InChI is InChI=1S/C10H14O2S/c1-10(2,3)8-5-4-6-9(7-8)13(11)12/h4-7,13H,1-3H3. The number of hydrogen-bond acceptors (Lipinski definition) is 2. The summed E-state index contributed by atoms with van der Waals surface area (Å²) in [6, 6.07) is 7.07. The van der Waals surface area contributed by atoms with Gasteiger partial charge in [0.1, 0.15) is 0 Å². The van der Waals surface area contributed by atoms with Gasteiger partial charge in [-0.05, 0) is 23.1 Å². The van der Waals surface area contributed by atoms with Crippen LogP contribution in [0.5, 0.6) is 0 Å². The van der Waals surface area contributed by atoms with Gasteiger partial charge in [0.25, 0.3) is 0 Å². The van der Waals surface area contributed by atoms with E-state index in [-0.39, 0.29) is 5.41 Å². The minimum atomic E-state index is -2.46. The van der Waals surface area contributed by atoms with E-state index in [0.717, 1.165) is 5.56 Å². The Morgan fingerprint density at radius 1 is 1.15 bits per heavy atom. The molecule has 1 aromatic rings. The van der Waals surface area contributed by atoms with Gasteiger partial charge in [-0.15, -0.1) is 0 Å². The van der Waals surface area contributed by atoms with Crippen LogP contribution in [-0.4, -0.2) is 8.42 Å². The maximum Gasteiger partial charge on any atom is 0.168 e. The van der Waals surface area contributed by atoms with E-state index in [4.69, 9.17) is 0 Å². The van der Waals surface area contributed by atoms with Gasteiger partial charge in [-0.25, -0.2) is 8.42 Å². The van der Waals surface area contributed by atoms with E-state index < -0.39 is 10.7 Å². The first kappa shape index (κ1) is 10.3. The Labute approximate surface area is 80.5 Å². The van der Waals surface area contributed by atoms with E-state index in [1.807, 2.05) is 6.07 Å². The number of rotatable bonds is 1. The zero-order valence-corrected chi connectivity index (χ0v) is 8.97. The average molecular weight is 198 g/mol. The monoisotopic (exact) mass is 198 g/mol. The molecule has 72 valence electrons. The van der Waals surface area contributed by atoms with Crippen LogP contribution in [0, 0.1) is 0 Å². The molecule has 1 rings (SSSR count). The smallest absolute Gasteiger partial charge is 0.168 e. The van der Waals surface area contributed by atoms with E-state index in [1.165, 1.54) is 0 Å². The fourth-order valence-electron chi connectivity index (χ4n) is 1.09. The lowest BCUT2D eigenvalue weighted by Gasteiger charge is -2.18. The molecule has 0 aromatic heterocycles. The van der Waals surface area contributed by atoms with Crippen molar-refractivity contribution in [1.29, 1.82) is 0 Å². The first-order chi connectivity index (χ1) is 5.91. The molecule has 3 heteroatoms. The normalized spacial score (nSPS) is 12.0. The molecule has 0 aliphatic rings. The molecular formula is C10H14O2S. The Bertz CT molecular complexity index is 365. The highest BCUT2D eigenvalue weighted by Crippen LogP contribution is 2.22. The van der Waals surface area contributed by atoms with Crippen molar-refractivity contribution >= 4 is 10.7 Å². The average Bonchev–Trinajstić information content (AvgIpc) is 2.03. The molecule has 2 nitrogen and oxygen atoms in total. The molecule has 1 aromatic carbocycles. The van der Waals surface area contributed by atoms with E-state index in [9.17, 15) is 8.42 Å². The number of benzene rings is 1. The summed E-state index contributed by atoms with van der Waals surface area (Å²) in [6.07, 6.45) is 0. The second-order valence-electron chi connectivity index (χ2n) is 4.06. The van der Waals surface area contributed by atoms with Gasteiger partial charge >= 0.3 is 0 Å². The third-order valence-corrected chi connectivity index (χ3v) is 2.62. The molecule has 0 radical (unpaired) electrons. The zero-order valence-electron chi connectivity index (χ0n) is 8.07. The summed E-state index contributed by atoms with van der Waals surface area (Å²) >= 11 is 0. The minimum absolute atomic E-state index is 0.00134. The van der Waals surface area contributed by atoms with Gasteiger partial charge in [-0.2, -0.15) is 0 Å². The van der Waals surface area contributed by atoms with Crippen molar-refractivity contribution in [3.63, 3.8) is 0 Å². The second kappa shape index (κ2) is 3.50. The molecule has 13 heavy (non-hydrogen) atoms. The lowest BCUT2D eigenvalue weighted by atomic mass is 9.87. The summed E-state index contributed by atoms with van der Waals surface area (Å²) in [5.41, 5.74) is 1.05. The molecule has 0 bridgehead atoms. The van der Waals surface area contributed by atoms with Crippen LogP contribution >= 0.6 is 0 Å². The highest BCUT2D eigenvalue weighted by atomic mass is 32.2. The van der Waals surface area contributed by atoms with Gasteiger partial charge in [0.05, 0.1) is 4.90 Å². The maximum absolute atomic E-state index is 10.7. The Hall–Kier alpha value is -0.830. The van der Waals surface area contributed by atoms with Crippen molar-refractivity contribution in [2.75, 3.05) is 0 Å². The Kier molecular flexibility index (Phi) is 2.76. The summed E-state index contributed by atoms with van der Waals surface area (Å²) in [7, 11) is -2.46.